The molecule has 1 aromatic heterocycles. The fraction of sp³-hybridized carbons (Fsp3) is 0.111. The van der Waals surface area contributed by atoms with Gasteiger partial charge in [0, 0.05) is 16.0 Å². The molecule has 0 saturated carbocycles. The molecule has 0 fully saturated rings. The number of primary amides is 1. The number of carbonyl (C=O) groups is 2. The van der Waals surface area contributed by atoms with Gasteiger partial charge in [0.25, 0.3) is 5.91 Å². The first-order chi connectivity index (χ1) is 11.0. The summed E-state index contributed by atoms with van der Waals surface area (Å²) < 4.78 is 1.09. The summed E-state index contributed by atoms with van der Waals surface area (Å²) in [5.41, 5.74) is 8.12. The van der Waals surface area contributed by atoms with Gasteiger partial charge in [-0.3, -0.25) is 9.59 Å². The molecule has 0 aliphatic carbocycles. The van der Waals surface area contributed by atoms with Crippen LogP contribution in [0.3, 0.4) is 0 Å². The van der Waals surface area contributed by atoms with Gasteiger partial charge in [-0.15, -0.1) is 11.3 Å². The average molecular weight is 324 g/mol. The Hall–Kier alpha value is -2.66. The van der Waals surface area contributed by atoms with Gasteiger partial charge in [0.05, 0.1) is 4.88 Å². The SMILES string of the molecule is Cc1cc(NC(=O)c2sc3ccccc3c2C)ccc1C(N)=O. The normalized spacial score (nSPS) is 10.7. The van der Waals surface area contributed by atoms with Gasteiger partial charge in [0.2, 0.25) is 5.91 Å². The third kappa shape index (κ3) is 2.83. The Morgan fingerprint density at radius 2 is 1.83 bits per heavy atom. The first kappa shape index (κ1) is 15.2. The van der Waals surface area contributed by atoms with Crippen LogP contribution in [0.2, 0.25) is 0 Å². The van der Waals surface area contributed by atoms with Gasteiger partial charge in [-0.1, -0.05) is 18.2 Å². The molecule has 2 aromatic carbocycles. The first-order valence-electron chi connectivity index (χ1n) is 7.17. The van der Waals surface area contributed by atoms with E-state index in [0.717, 1.165) is 21.2 Å². The van der Waals surface area contributed by atoms with E-state index in [9.17, 15) is 9.59 Å². The number of carbonyl (C=O) groups excluding carboxylic acids is 2. The quantitative estimate of drug-likeness (QED) is 0.767. The fourth-order valence-electron chi connectivity index (χ4n) is 2.60. The molecule has 3 rings (SSSR count). The topological polar surface area (TPSA) is 72.2 Å². The van der Waals surface area contributed by atoms with Crippen LogP contribution in [0, 0.1) is 13.8 Å². The number of fused-ring (bicyclic) bond motifs is 1. The summed E-state index contributed by atoms with van der Waals surface area (Å²) in [6, 6.07) is 13.0. The van der Waals surface area contributed by atoms with Crippen LogP contribution in [0.25, 0.3) is 10.1 Å². The van der Waals surface area contributed by atoms with Crippen LogP contribution in [-0.2, 0) is 0 Å². The van der Waals surface area contributed by atoms with Crippen LogP contribution in [-0.4, -0.2) is 11.8 Å². The summed E-state index contributed by atoms with van der Waals surface area (Å²) in [4.78, 5) is 24.5. The zero-order chi connectivity index (χ0) is 16.6. The molecule has 0 aliphatic rings. The molecule has 5 heteroatoms. The van der Waals surface area contributed by atoms with Crippen LogP contribution in [0.1, 0.15) is 31.2 Å². The van der Waals surface area contributed by atoms with E-state index in [2.05, 4.69) is 5.32 Å². The molecular formula is C18H16N2O2S. The van der Waals surface area contributed by atoms with E-state index in [1.807, 2.05) is 31.2 Å². The number of rotatable bonds is 3. The van der Waals surface area contributed by atoms with Gasteiger partial charge in [-0.25, -0.2) is 0 Å². The number of hydrogen-bond acceptors (Lipinski definition) is 3. The highest BCUT2D eigenvalue weighted by Gasteiger charge is 2.16. The monoisotopic (exact) mass is 324 g/mol. The minimum absolute atomic E-state index is 0.144. The van der Waals surface area contributed by atoms with E-state index >= 15 is 0 Å². The van der Waals surface area contributed by atoms with Crippen LogP contribution >= 0.6 is 11.3 Å². The molecule has 1 heterocycles. The smallest absolute Gasteiger partial charge is 0.266 e. The molecule has 3 N–H and O–H groups in total. The first-order valence-corrected chi connectivity index (χ1v) is 7.99. The molecule has 3 aromatic rings. The molecule has 2 amide bonds. The number of hydrogen-bond donors (Lipinski definition) is 2. The number of benzene rings is 2. The van der Waals surface area contributed by atoms with Crippen molar-refractivity contribution in [1.29, 1.82) is 0 Å². The van der Waals surface area contributed by atoms with Crippen molar-refractivity contribution in [1.82, 2.24) is 0 Å². The van der Waals surface area contributed by atoms with E-state index in [1.54, 1.807) is 25.1 Å². The maximum atomic E-state index is 12.5. The lowest BCUT2D eigenvalue weighted by molar-refractivity contribution is 0.0998. The van der Waals surface area contributed by atoms with Crippen molar-refractivity contribution >= 4 is 38.9 Å². The zero-order valence-corrected chi connectivity index (χ0v) is 13.7. The third-order valence-electron chi connectivity index (χ3n) is 3.80. The van der Waals surface area contributed by atoms with Crippen molar-refractivity contribution in [2.45, 2.75) is 13.8 Å². The lowest BCUT2D eigenvalue weighted by Gasteiger charge is -2.08. The average Bonchev–Trinajstić information content (AvgIpc) is 2.85. The molecule has 4 nitrogen and oxygen atoms in total. The number of nitrogens with one attached hydrogen (secondary N) is 1. The van der Waals surface area contributed by atoms with Crippen molar-refractivity contribution in [2.75, 3.05) is 5.32 Å². The van der Waals surface area contributed by atoms with E-state index in [0.29, 0.717) is 16.1 Å². The lowest BCUT2D eigenvalue weighted by Crippen LogP contribution is -2.14. The minimum Gasteiger partial charge on any atom is -0.366 e. The second kappa shape index (κ2) is 5.85. The van der Waals surface area contributed by atoms with Gasteiger partial charge in [-0.05, 0) is 54.6 Å². The molecule has 0 unspecified atom stereocenters. The summed E-state index contributed by atoms with van der Waals surface area (Å²) in [5, 5.41) is 3.99. The van der Waals surface area contributed by atoms with E-state index < -0.39 is 5.91 Å². The third-order valence-corrected chi connectivity index (χ3v) is 5.07. The zero-order valence-electron chi connectivity index (χ0n) is 12.8. The molecular weight excluding hydrogens is 308 g/mol. The Labute approximate surface area is 137 Å². The molecule has 0 radical (unpaired) electrons. The second-order valence-corrected chi connectivity index (χ2v) is 6.45. The fourth-order valence-corrected chi connectivity index (χ4v) is 3.70. The van der Waals surface area contributed by atoms with Gasteiger partial charge in [0.15, 0.2) is 0 Å². The van der Waals surface area contributed by atoms with E-state index in [-0.39, 0.29) is 5.91 Å². The molecule has 0 atom stereocenters. The number of aryl methyl sites for hydroxylation is 2. The van der Waals surface area contributed by atoms with Crippen molar-refractivity contribution < 1.29 is 9.59 Å². The molecule has 116 valence electrons. The molecule has 23 heavy (non-hydrogen) atoms. The molecule has 0 bridgehead atoms. The standard InChI is InChI=1S/C18H16N2O2S/c1-10-9-12(7-8-13(10)17(19)21)20-18(22)16-11(2)14-5-3-4-6-15(14)23-16/h3-9H,1-2H3,(H2,19,21)(H,20,22). The summed E-state index contributed by atoms with van der Waals surface area (Å²) in [7, 11) is 0. The maximum Gasteiger partial charge on any atom is 0.266 e. The van der Waals surface area contributed by atoms with Crippen molar-refractivity contribution in [3.8, 4) is 0 Å². The summed E-state index contributed by atoms with van der Waals surface area (Å²) >= 11 is 1.48. The maximum absolute atomic E-state index is 12.5. The Bertz CT molecular complexity index is 928. The van der Waals surface area contributed by atoms with Gasteiger partial charge in [-0.2, -0.15) is 0 Å². The molecule has 0 aliphatic heterocycles. The van der Waals surface area contributed by atoms with Crippen LogP contribution in [0.15, 0.2) is 42.5 Å². The molecule has 0 saturated heterocycles. The largest absolute Gasteiger partial charge is 0.366 e. The predicted molar refractivity (Wildman–Crippen MR) is 94.2 cm³/mol. The second-order valence-electron chi connectivity index (χ2n) is 5.40. The lowest BCUT2D eigenvalue weighted by atomic mass is 10.1. The Morgan fingerprint density at radius 3 is 2.48 bits per heavy atom. The van der Waals surface area contributed by atoms with Crippen LogP contribution < -0.4 is 11.1 Å². The van der Waals surface area contributed by atoms with Crippen molar-refractivity contribution in [3.63, 3.8) is 0 Å². The van der Waals surface area contributed by atoms with Gasteiger partial charge >= 0.3 is 0 Å². The summed E-state index contributed by atoms with van der Waals surface area (Å²) in [6.07, 6.45) is 0. The highest BCUT2D eigenvalue weighted by Crippen LogP contribution is 2.31. The minimum atomic E-state index is -0.472. The number of anilines is 1. The molecule has 0 spiro atoms. The number of amides is 2. The van der Waals surface area contributed by atoms with E-state index in [4.69, 9.17) is 5.73 Å². The highest BCUT2D eigenvalue weighted by atomic mass is 32.1. The van der Waals surface area contributed by atoms with Crippen LogP contribution in [0.4, 0.5) is 5.69 Å². The number of thiophene rings is 1. The summed E-state index contributed by atoms with van der Waals surface area (Å²) in [5.74, 6) is -0.615. The van der Waals surface area contributed by atoms with Crippen molar-refractivity contribution in [2.24, 2.45) is 5.73 Å². The predicted octanol–water partition coefficient (Wildman–Crippen LogP) is 3.87. The Balaban J connectivity index is 1.90. The Kier molecular flexibility index (Phi) is 3.88. The number of nitrogens with two attached hydrogens (primary N) is 1. The van der Waals surface area contributed by atoms with Crippen LogP contribution in [0.5, 0.6) is 0 Å². The summed E-state index contributed by atoms with van der Waals surface area (Å²) in [6.45, 7) is 3.75. The van der Waals surface area contributed by atoms with Gasteiger partial charge in [0.1, 0.15) is 0 Å². The Morgan fingerprint density at radius 1 is 1.09 bits per heavy atom. The van der Waals surface area contributed by atoms with Crippen molar-refractivity contribution in [3.05, 3.63) is 64.0 Å². The highest BCUT2D eigenvalue weighted by molar-refractivity contribution is 7.21. The van der Waals surface area contributed by atoms with Gasteiger partial charge < -0.3 is 11.1 Å². The van der Waals surface area contributed by atoms with E-state index in [1.165, 1.54) is 11.3 Å².